The molecule has 0 atom stereocenters. The lowest BCUT2D eigenvalue weighted by Crippen LogP contribution is -2.13. The van der Waals surface area contributed by atoms with Gasteiger partial charge < -0.3 is 4.74 Å². The van der Waals surface area contributed by atoms with E-state index in [1.807, 2.05) is 34.3 Å². The molecule has 6 nitrogen and oxygen atoms in total. The second kappa shape index (κ2) is 8.26. The molecule has 8 heteroatoms. The minimum Gasteiger partial charge on any atom is -0.494 e. The van der Waals surface area contributed by atoms with Crippen molar-refractivity contribution in [2.24, 2.45) is 0 Å². The second-order valence-corrected chi connectivity index (χ2v) is 9.10. The van der Waals surface area contributed by atoms with Gasteiger partial charge in [0.1, 0.15) is 5.75 Å². The Hall–Kier alpha value is -2.84. The number of sulfonamides is 1. The first-order chi connectivity index (χ1) is 14.1. The summed E-state index contributed by atoms with van der Waals surface area (Å²) in [5, 5.41) is 1.95. The third-order valence-corrected chi connectivity index (χ3v) is 6.59. The van der Waals surface area contributed by atoms with Crippen molar-refractivity contribution < 1.29 is 13.2 Å². The number of hydrogen-bond donors (Lipinski definition) is 1. The Morgan fingerprint density at radius 3 is 2.69 bits per heavy atom. The van der Waals surface area contributed by atoms with Gasteiger partial charge in [-0.15, -0.1) is 11.3 Å². The zero-order valence-corrected chi connectivity index (χ0v) is 17.5. The van der Waals surface area contributed by atoms with Crippen molar-refractivity contribution in [3.05, 3.63) is 66.3 Å². The number of benzene rings is 2. The van der Waals surface area contributed by atoms with E-state index in [4.69, 9.17) is 4.74 Å². The van der Waals surface area contributed by atoms with Gasteiger partial charge in [0.2, 0.25) is 0 Å². The van der Waals surface area contributed by atoms with Crippen LogP contribution in [0.3, 0.4) is 0 Å². The molecular weight excluding hydrogens is 406 g/mol. The van der Waals surface area contributed by atoms with E-state index < -0.39 is 10.0 Å². The predicted octanol–water partition coefficient (Wildman–Crippen LogP) is 5.04. The highest BCUT2D eigenvalue weighted by Crippen LogP contribution is 2.30. The molecule has 0 aliphatic rings. The van der Waals surface area contributed by atoms with Gasteiger partial charge in [0.15, 0.2) is 4.96 Å². The highest BCUT2D eigenvalue weighted by Gasteiger charge is 2.18. The third kappa shape index (κ3) is 4.28. The lowest BCUT2D eigenvalue weighted by molar-refractivity contribution is 0.309. The Morgan fingerprint density at radius 1 is 1.14 bits per heavy atom. The summed E-state index contributed by atoms with van der Waals surface area (Å²) in [7, 11) is -3.74. The minimum atomic E-state index is -3.74. The number of nitrogens with zero attached hydrogens (tertiary/aromatic N) is 2. The quantitative estimate of drug-likeness (QED) is 0.400. The van der Waals surface area contributed by atoms with Crippen LogP contribution in [-0.4, -0.2) is 24.4 Å². The van der Waals surface area contributed by atoms with Gasteiger partial charge in [-0.2, -0.15) is 0 Å². The van der Waals surface area contributed by atoms with Crippen molar-refractivity contribution in [2.75, 3.05) is 11.3 Å². The summed E-state index contributed by atoms with van der Waals surface area (Å²) in [6.45, 7) is 2.71. The molecular formula is C21H21N3O3S2. The van der Waals surface area contributed by atoms with Gasteiger partial charge in [-0.05, 0) is 36.8 Å². The summed E-state index contributed by atoms with van der Waals surface area (Å²) in [6, 6.07) is 13.7. The number of para-hydroxylation sites is 1. The van der Waals surface area contributed by atoms with E-state index in [2.05, 4.69) is 16.6 Å². The highest BCUT2D eigenvalue weighted by molar-refractivity contribution is 7.92. The summed E-state index contributed by atoms with van der Waals surface area (Å²) >= 11 is 1.53. The Bertz CT molecular complexity index is 1180. The summed E-state index contributed by atoms with van der Waals surface area (Å²) < 4.78 is 36.0. The first-order valence-electron chi connectivity index (χ1n) is 9.34. The fourth-order valence-electron chi connectivity index (χ4n) is 2.91. The second-order valence-electron chi connectivity index (χ2n) is 6.54. The van der Waals surface area contributed by atoms with Crippen LogP contribution in [0.4, 0.5) is 5.69 Å². The molecule has 0 aliphatic heterocycles. The molecule has 0 spiro atoms. The number of fused-ring (bicyclic) bond motifs is 1. The molecule has 0 radical (unpaired) electrons. The number of aromatic nitrogens is 2. The predicted molar refractivity (Wildman–Crippen MR) is 116 cm³/mol. The molecule has 2 aromatic carbocycles. The number of nitrogens with one attached hydrogen (secondary N) is 1. The van der Waals surface area contributed by atoms with Crippen molar-refractivity contribution in [3.8, 4) is 17.0 Å². The summed E-state index contributed by atoms with van der Waals surface area (Å²) in [5.41, 5.74) is 1.93. The maximum atomic E-state index is 12.9. The first-order valence-corrected chi connectivity index (χ1v) is 11.7. The Balaban J connectivity index is 1.58. The van der Waals surface area contributed by atoms with E-state index in [9.17, 15) is 8.42 Å². The smallest absolute Gasteiger partial charge is 0.261 e. The van der Waals surface area contributed by atoms with Crippen molar-refractivity contribution in [2.45, 2.75) is 24.7 Å². The summed E-state index contributed by atoms with van der Waals surface area (Å²) in [5.74, 6) is 0.663. The van der Waals surface area contributed by atoms with Crippen LogP contribution in [0.2, 0.25) is 0 Å². The van der Waals surface area contributed by atoms with Crippen LogP contribution in [0.1, 0.15) is 19.8 Å². The molecule has 1 N–H and O–H groups in total. The number of hydrogen-bond acceptors (Lipinski definition) is 5. The summed E-state index contributed by atoms with van der Waals surface area (Å²) in [4.78, 5) is 5.62. The lowest BCUT2D eigenvalue weighted by Gasteiger charge is -2.12. The van der Waals surface area contributed by atoms with Gasteiger partial charge in [0, 0.05) is 23.3 Å². The molecule has 0 fully saturated rings. The topological polar surface area (TPSA) is 72.7 Å². The largest absolute Gasteiger partial charge is 0.494 e. The molecule has 0 saturated heterocycles. The van der Waals surface area contributed by atoms with Gasteiger partial charge in [0.25, 0.3) is 10.0 Å². The van der Waals surface area contributed by atoms with E-state index in [0.717, 1.165) is 29.1 Å². The standard InChI is InChI=1S/C21H21N3O3S2/c1-2-3-13-27-16-8-10-17(11-9-16)29(25,26)23-19-7-5-4-6-18(19)20-15-24-12-14-28-21(24)22-20/h4-12,14-15,23H,2-3,13H2,1H3. The van der Waals surface area contributed by atoms with E-state index in [0.29, 0.717) is 18.0 Å². The SMILES string of the molecule is CCCCOc1ccc(S(=O)(=O)Nc2ccccc2-c2cn3ccsc3n2)cc1. The lowest BCUT2D eigenvalue weighted by atomic mass is 10.1. The van der Waals surface area contributed by atoms with Gasteiger partial charge in [-0.3, -0.25) is 9.12 Å². The Kier molecular flexibility index (Phi) is 5.55. The van der Waals surface area contributed by atoms with E-state index in [1.54, 1.807) is 36.4 Å². The van der Waals surface area contributed by atoms with Crippen molar-refractivity contribution >= 4 is 32.0 Å². The fourth-order valence-corrected chi connectivity index (χ4v) is 4.69. The number of anilines is 1. The number of ether oxygens (including phenoxy) is 1. The third-order valence-electron chi connectivity index (χ3n) is 4.44. The monoisotopic (exact) mass is 427 g/mol. The van der Waals surface area contributed by atoms with Crippen LogP contribution in [0.5, 0.6) is 5.75 Å². The number of unbranched alkanes of at least 4 members (excludes halogenated alkanes) is 1. The number of imidazole rings is 1. The van der Waals surface area contributed by atoms with Crippen LogP contribution in [-0.2, 0) is 10.0 Å². The fraction of sp³-hybridized carbons (Fsp3) is 0.190. The maximum absolute atomic E-state index is 12.9. The average molecular weight is 428 g/mol. The normalized spacial score (nSPS) is 11.6. The van der Waals surface area contributed by atoms with E-state index >= 15 is 0 Å². The van der Waals surface area contributed by atoms with Crippen LogP contribution in [0.25, 0.3) is 16.2 Å². The molecule has 0 unspecified atom stereocenters. The molecule has 0 aliphatic carbocycles. The molecule has 0 saturated carbocycles. The summed E-state index contributed by atoms with van der Waals surface area (Å²) in [6.07, 6.45) is 5.82. The maximum Gasteiger partial charge on any atom is 0.261 e. The zero-order chi connectivity index (χ0) is 20.3. The van der Waals surface area contributed by atoms with Crippen molar-refractivity contribution in [3.63, 3.8) is 0 Å². The molecule has 2 aromatic heterocycles. The first kappa shape index (κ1) is 19.5. The van der Waals surface area contributed by atoms with Crippen molar-refractivity contribution in [1.82, 2.24) is 9.38 Å². The number of rotatable bonds is 8. The van der Waals surface area contributed by atoms with Gasteiger partial charge in [-0.1, -0.05) is 31.5 Å². The molecule has 4 rings (SSSR count). The minimum absolute atomic E-state index is 0.181. The van der Waals surface area contributed by atoms with Crippen LogP contribution in [0, 0.1) is 0 Å². The van der Waals surface area contributed by atoms with Crippen LogP contribution in [0.15, 0.2) is 71.2 Å². The van der Waals surface area contributed by atoms with Crippen molar-refractivity contribution in [1.29, 1.82) is 0 Å². The molecule has 150 valence electrons. The van der Waals surface area contributed by atoms with E-state index in [1.165, 1.54) is 11.3 Å². The van der Waals surface area contributed by atoms with Gasteiger partial charge in [-0.25, -0.2) is 13.4 Å². The molecule has 2 heterocycles. The molecule has 0 amide bonds. The highest BCUT2D eigenvalue weighted by atomic mass is 32.2. The van der Waals surface area contributed by atoms with Crippen LogP contribution >= 0.6 is 11.3 Å². The van der Waals surface area contributed by atoms with Crippen LogP contribution < -0.4 is 9.46 Å². The zero-order valence-electron chi connectivity index (χ0n) is 15.9. The van der Waals surface area contributed by atoms with E-state index in [-0.39, 0.29) is 4.90 Å². The average Bonchev–Trinajstić information content (AvgIpc) is 3.31. The molecule has 0 bridgehead atoms. The molecule has 29 heavy (non-hydrogen) atoms. The van der Waals surface area contributed by atoms with Gasteiger partial charge >= 0.3 is 0 Å². The molecule has 4 aromatic rings. The van der Waals surface area contributed by atoms with Gasteiger partial charge in [0.05, 0.1) is 22.9 Å². The Labute approximate surface area is 173 Å². The Morgan fingerprint density at radius 2 is 1.93 bits per heavy atom. The number of thiazole rings is 1.